The van der Waals surface area contributed by atoms with Gasteiger partial charge >= 0.3 is 0 Å². The molecule has 4 nitrogen and oxygen atoms in total. The molecule has 0 radical (unpaired) electrons. The summed E-state index contributed by atoms with van der Waals surface area (Å²) in [5.74, 6) is 0.482. The molecule has 1 atom stereocenters. The molecule has 5 heteroatoms. The van der Waals surface area contributed by atoms with Crippen LogP contribution >= 0.6 is 15.9 Å². The van der Waals surface area contributed by atoms with E-state index in [1.807, 2.05) is 24.3 Å². The molecule has 0 fully saturated rings. The summed E-state index contributed by atoms with van der Waals surface area (Å²) in [7, 11) is 0. The SMILES string of the molecule is O=C(Nc1ccc(Br)cn1)C1NCCc2ccccc21. The molecule has 1 unspecified atom stereocenters. The summed E-state index contributed by atoms with van der Waals surface area (Å²) < 4.78 is 0.886. The van der Waals surface area contributed by atoms with Crippen molar-refractivity contribution in [3.05, 3.63) is 58.2 Å². The molecule has 0 spiro atoms. The third kappa shape index (κ3) is 2.73. The van der Waals surface area contributed by atoms with Gasteiger partial charge < -0.3 is 10.6 Å². The van der Waals surface area contributed by atoms with E-state index >= 15 is 0 Å². The molecule has 102 valence electrons. The Morgan fingerprint density at radius 2 is 2.15 bits per heavy atom. The molecular weight excluding hydrogens is 318 g/mol. The zero-order chi connectivity index (χ0) is 13.9. The van der Waals surface area contributed by atoms with E-state index in [4.69, 9.17) is 0 Å². The van der Waals surface area contributed by atoms with Crippen LogP contribution in [0.3, 0.4) is 0 Å². The van der Waals surface area contributed by atoms with Crippen molar-refractivity contribution in [3.8, 4) is 0 Å². The van der Waals surface area contributed by atoms with E-state index in [0.29, 0.717) is 5.82 Å². The van der Waals surface area contributed by atoms with Gasteiger partial charge in [0, 0.05) is 17.2 Å². The summed E-state index contributed by atoms with van der Waals surface area (Å²) >= 11 is 3.32. The minimum Gasteiger partial charge on any atom is -0.309 e. The maximum absolute atomic E-state index is 12.4. The Balaban J connectivity index is 1.80. The number of halogens is 1. The van der Waals surface area contributed by atoms with Crippen LogP contribution in [-0.2, 0) is 11.2 Å². The Labute approximate surface area is 125 Å². The lowest BCUT2D eigenvalue weighted by Gasteiger charge is -2.25. The second-order valence-electron chi connectivity index (χ2n) is 4.69. The number of hydrogen-bond donors (Lipinski definition) is 2. The average Bonchev–Trinajstić information content (AvgIpc) is 2.49. The number of amides is 1. The Bertz CT molecular complexity index is 627. The van der Waals surface area contributed by atoms with Gasteiger partial charge in [0.25, 0.3) is 0 Å². The van der Waals surface area contributed by atoms with Crippen LogP contribution in [0.4, 0.5) is 5.82 Å². The van der Waals surface area contributed by atoms with Gasteiger partial charge in [0.05, 0.1) is 0 Å². The van der Waals surface area contributed by atoms with Crippen molar-refractivity contribution in [2.75, 3.05) is 11.9 Å². The Morgan fingerprint density at radius 3 is 2.95 bits per heavy atom. The highest BCUT2D eigenvalue weighted by atomic mass is 79.9. The second-order valence-corrected chi connectivity index (χ2v) is 5.60. The Hall–Kier alpha value is -1.72. The lowest BCUT2D eigenvalue weighted by molar-refractivity contribution is -0.118. The zero-order valence-electron chi connectivity index (χ0n) is 10.8. The smallest absolute Gasteiger partial charge is 0.247 e. The van der Waals surface area contributed by atoms with E-state index < -0.39 is 0 Å². The number of carbonyl (C=O) groups is 1. The maximum atomic E-state index is 12.4. The molecule has 1 aromatic heterocycles. The quantitative estimate of drug-likeness (QED) is 0.889. The van der Waals surface area contributed by atoms with Crippen molar-refractivity contribution in [2.45, 2.75) is 12.5 Å². The summed E-state index contributed by atoms with van der Waals surface area (Å²) in [4.78, 5) is 16.6. The number of aromatic nitrogens is 1. The Morgan fingerprint density at radius 1 is 1.30 bits per heavy atom. The lowest BCUT2D eigenvalue weighted by atomic mass is 9.94. The normalized spacial score (nSPS) is 17.4. The van der Waals surface area contributed by atoms with E-state index in [2.05, 4.69) is 37.6 Å². The van der Waals surface area contributed by atoms with E-state index in [1.54, 1.807) is 12.3 Å². The van der Waals surface area contributed by atoms with Crippen molar-refractivity contribution in [1.82, 2.24) is 10.3 Å². The van der Waals surface area contributed by atoms with Crippen LogP contribution in [0.5, 0.6) is 0 Å². The molecule has 20 heavy (non-hydrogen) atoms. The van der Waals surface area contributed by atoms with Crippen molar-refractivity contribution < 1.29 is 4.79 Å². The number of fused-ring (bicyclic) bond motifs is 1. The highest BCUT2D eigenvalue weighted by molar-refractivity contribution is 9.10. The number of rotatable bonds is 2. The van der Waals surface area contributed by atoms with Gasteiger partial charge in [-0.2, -0.15) is 0 Å². The second kappa shape index (κ2) is 5.73. The highest BCUT2D eigenvalue weighted by Gasteiger charge is 2.25. The number of pyridine rings is 1. The number of benzene rings is 1. The molecule has 1 aliphatic heterocycles. The van der Waals surface area contributed by atoms with Crippen molar-refractivity contribution in [1.29, 1.82) is 0 Å². The first-order valence-electron chi connectivity index (χ1n) is 6.47. The molecule has 2 N–H and O–H groups in total. The predicted molar refractivity (Wildman–Crippen MR) is 81.5 cm³/mol. The molecule has 2 heterocycles. The van der Waals surface area contributed by atoms with E-state index in [1.165, 1.54) is 5.56 Å². The molecule has 1 amide bonds. The average molecular weight is 332 g/mol. The number of hydrogen-bond acceptors (Lipinski definition) is 3. The minimum atomic E-state index is -0.314. The van der Waals surface area contributed by atoms with Gasteiger partial charge in [0.15, 0.2) is 0 Å². The van der Waals surface area contributed by atoms with Crippen molar-refractivity contribution in [3.63, 3.8) is 0 Å². The summed E-state index contributed by atoms with van der Waals surface area (Å²) in [6.45, 7) is 0.808. The third-order valence-electron chi connectivity index (χ3n) is 3.35. The number of nitrogens with one attached hydrogen (secondary N) is 2. The highest BCUT2D eigenvalue weighted by Crippen LogP contribution is 2.23. The lowest BCUT2D eigenvalue weighted by Crippen LogP contribution is -2.38. The van der Waals surface area contributed by atoms with Gasteiger partial charge in [-0.05, 0) is 45.6 Å². The topological polar surface area (TPSA) is 54.0 Å². The summed E-state index contributed by atoms with van der Waals surface area (Å²) in [6, 6.07) is 11.4. The molecule has 0 bridgehead atoms. The van der Waals surface area contributed by atoms with E-state index in [9.17, 15) is 4.79 Å². The van der Waals surface area contributed by atoms with Crippen LogP contribution < -0.4 is 10.6 Å². The molecule has 0 saturated heterocycles. The molecule has 0 saturated carbocycles. The predicted octanol–water partition coefficient (Wildman–Crippen LogP) is 2.67. The van der Waals surface area contributed by atoms with Gasteiger partial charge in [-0.1, -0.05) is 24.3 Å². The third-order valence-corrected chi connectivity index (χ3v) is 3.82. The zero-order valence-corrected chi connectivity index (χ0v) is 12.4. The van der Waals surface area contributed by atoms with Gasteiger partial charge in [-0.3, -0.25) is 4.79 Å². The Kier molecular flexibility index (Phi) is 3.80. The fourth-order valence-electron chi connectivity index (χ4n) is 2.39. The van der Waals surface area contributed by atoms with E-state index in [-0.39, 0.29) is 11.9 Å². The number of carbonyl (C=O) groups excluding carboxylic acids is 1. The van der Waals surface area contributed by atoms with Crippen molar-refractivity contribution >= 4 is 27.7 Å². The largest absolute Gasteiger partial charge is 0.309 e. The van der Waals surface area contributed by atoms with Crippen LogP contribution in [0.1, 0.15) is 17.2 Å². The summed E-state index contributed by atoms with van der Waals surface area (Å²) in [5, 5.41) is 6.10. The first kappa shape index (κ1) is 13.3. The van der Waals surface area contributed by atoms with Gasteiger partial charge in [-0.15, -0.1) is 0 Å². The van der Waals surface area contributed by atoms with Crippen LogP contribution in [0.2, 0.25) is 0 Å². The van der Waals surface area contributed by atoms with E-state index in [0.717, 1.165) is 23.0 Å². The van der Waals surface area contributed by atoms with Crippen LogP contribution in [0.25, 0.3) is 0 Å². The van der Waals surface area contributed by atoms with Gasteiger partial charge in [-0.25, -0.2) is 4.98 Å². The first-order valence-corrected chi connectivity index (χ1v) is 7.27. The molecule has 1 aromatic carbocycles. The summed E-state index contributed by atoms with van der Waals surface area (Å²) in [6.07, 6.45) is 2.62. The fraction of sp³-hybridized carbons (Fsp3) is 0.200. The van der Waals surface area contributed by atoms with Gasteiger partial charge in [0.2, 0.25) is 5.91 Å². The van der Waals surface area contributed by atoms with Gasteiger partial charge in [0.1, 0.15) is 11.9 Å². The minimum absolute atomic E-state index is 0.0769. The van der Waals surface area contributed by atoms with Crippen molar-refractivity contribution in [2.24, 2.45) is 0 Å². The number of anilines is 1. The first-order chi connectivity index (χ1) is 9.74. The van der Waals surface area contributed by atoms with Crippen LogP contribution in [0, 0.1) is 0 Å². The molecular formula is C15H14BrN3O. The monoisotopic (exact) mass is 331 g/mol. The maximum Gasteiger partial charge on any atom is 0.247 e. The van der Waals surface area contributed by atoms with Crippen LogP contribution in [0.15, 0.2) is 47.1 Å². The number of nitrogens with zero attached hydrogens (tertiary/aromatic N) is 1. The fourth-order valence-corrected chi connectivity index (χ4v) is 2.62. The molecule has 0 aliphatic carbocycles. The molecule has 2 aromatic rings. The summed E-state index contributed by atoms with van der Waals surface area (Å²) in [5.41, 5.74) is 2.28. The van der Waals surface area contributed by atoms with Crippen LogP contribution in [-0.4, -0.2) is 17.4 Å². The molecule has 3 rings (SSSR count). The standard InChI is InChI=1S/C15H14BrN3O/c16-11-5-6-13(18-9-11)19-15(20)14-12-4-2-1-3-10(12)7-8-17-14/h1-6,9,14,17H,7-8H2,(H,18,19,20). The molecule has 1 aliphatic rings.